The smallest absolute Gasteiger partial charge is 0.208 e. The number of aromatic amines is 1. The minimum Gasteiger partial charge on any atom is -0.388 e. The van der Waals surface area contributed by atoms with Gasteiger partial charge in [-0.05, 0) is 17.7 Å². The Hall–Kier alpha value is -2.18. The van der Waals surface area contributed by atoms with Crippen molar-refractivity contribution < 1.29 is 5.11 Å². The van der Waals surface area contributed by atoms with Gasteiger partial charge in [0.2, 0.25) is 5.16 Å². The fourth-order valence-electron chi connectivity index (χ4n) is 1.85. The fourth-order valence-corrected chi connectivity index (χ4v) is 2.62. The number of nitrogens with zero attached hydrogens (tertiary/aromatic N) is 3. The van der Waals surface area contributed by atoms with Gasteiger partial charge in [0.1, 0.15) is 5.69 Å². The molecule has 1 unspecified atom stereocenters. The summed E-state index contributed by atoms with van der Waals surface area (Å²) in [5, 5.41) is 17.7. The number of rotatable bonds is 5. The monoisotopic (exact) mass is 298 g/mol. The van der Waals surface area contributed by atoms with Crippen molar-refractivity contribution in [1.29, 1.82) is 0 Å². The Kier molecular flexibility index (Phi) is 4.28. The summed E-state index contributed by atoms with van der Waals surface area (Å²) >= 11 is 1.41. The number of H-pyrrole nitrogens is 1. The first kappa shape index (κ1) is 13.8. The van der Waals surface area contributed by atoms with Gasteiger partial charge < -0.3 is 5.11 Å². The van der Waals surface area contributed by atoms with Crippen LogP contribution in [0.5, 0.6) is 0 Å². The van der Waals surface area contributed by atoms with Crippen molar-refractivity contribution in [2.45, 2.75) is 11.3 Å². The third-order valence-electron chi connectivity index (χ3n) is 2.93. The van der Waals surface area contributed by atoms with E-state index in [0.717, 1.165) is 11.3 Å². The van der Waals surface area contributed by atoms with E-state index in [-0.39, 0.29) is 0 Å². The molecule has 0 amide bonds. The molecular weight excluding hydrogens is 284 g/mol. The predicted octanol–water partition coefficient (Wildman–Crippen LogP) is 2.69. The summed E-state index contributed by atoms with van der Waals surface area (Å²) < 4.78 is 0. The molecule has 2 heterocycles. The summed E-state index contributed by atoms with van der Waals surface area (Å²) in [5.74, 6) is 1.14. The van der Waals surface area contributed by atoms with Crippen LogP contribution in [0.3, 0.4) is 0 Å². The van der Waals surface area contributed by atoms with Crippen LogP contribution in [0, 0.1) is 0 Å². The van der Waals surface area contributed by atoms with E-state index in [0.29, 0.717) is 16.7 Å². The molecule has 0 aliphatic rings. The number of thioether (sulfide) groups is 1. The van der Waals surface area contributed by atoms with Crippen LogP contribution in [-0.2, 0) is 0 Å². The standard InChI is InChI=1S/C15H14N4OS/c20-13(11-6-2-1-3-7-11)10-21-15-17-14(18-19-15)12-8-4-5-9-16-12/h1-9,13,20H,10H2,(H,17,18,19). The molecule has 2 aromatic heterocycles. The minimum absolute atomic E-state index is 0.503. The maximum absolute atomic E-state index is 10.1. The summed E-state index contributed by atoms with van der Waals surface area (Å²) in [6, 6.07) is 15.2. The Morgan fingerprint density at radius 3 is 2.67 bits per heavy atom. The van der Waals surface area contributed by atoms with Gasteiger partial charge in [-0.3, -0.25) is 10.1 Å². The molecule has 1 aromatic carbocycles. The Bertz CT molecular complexity index is 687. The second-order valence-electron chi connectivity index (χ2n) is 4.42. The molecule has 0 spiro atoms. The molecule has 0 saturated carbocycles. The van der Waals surface area contributed by atoms with Gasteiger partial charge in [-0.2, -0.15) is 4.98 Å². The van der Waals surface area contributed by atoms with Crippen LogP contribution in [0.15, 0.2) is 59.9 Å². The quantitative estimate of drug-likeness (QED) is 0.708. The summed E-state index contributed by atoms with van der Waals surface area (Å²) in [6.45, 7) is 0. The molecule has 5 nitrogen and oxygen atoms in total. The minimum atomic E-state index is -0.534. The van der Waals surface area contributed by atoms with E-state index in [1.54, 1.807) is 6.20 Å². The van der Waals surface area contributed by atoms with Crippen molar-refractivity contribution in [3.05, 3.63) is 60.3 Å². The predicted molar refractivity (Wildman–Crippen MR) is 81.7 cm³/mol. The first-order valence-corrected chi connectivity index (χ1v) is 7.51. The molecule has 3 aromatic rings. The lowest BCUT2D eigenvalue weighted by Crippen LogP contribution is -2.00. The van der Waals surface area contributed by atoms with Gasteiger partial charge in [0.05, 0.1) is 6.10 Å². The lowest BCUT2D eigenvalue weighted by molar-refractivity contribution is 0.204. The molecule has 0 fully saturated rings. The van der Waals surface area contributed by atoms with Crippen LogP contribution in [0.4, 0.5) is 0 Å². The zero-order valence-corrected chi connectivity index (χ0v) is 12.0. The molecule has 0 radical (unpaired) electrons. The van der Waals surface area contributed by atoms with Crippen LogP contribution in [0.1, 0.15) is 11.7 Å². The lowest BCUT2D eigenvalue weighted by atomic mass is 10.1. The fraction of sp³-hybridized carbons (Fsp3) is 0.133. The number of benzene rings is 1. The largest absolute Gasteiger partial charge is 0.388 e. The molecule has 6 heteroatoms. The third kappa shape index (κ3) is 3.48. The SMILES string of the molecule is OC(CSc1n[nH]c(-c2ccccn2)n1)c1ccccc1. The number of nitrogens with one attached hydrogen (secondary N) is 1. The molecule has 2 N–H and O–H groups in total. The molecule has 0 aliphatic heterocycles. The topological polar surface area (TPSA) is 74.7 Å². The summed E-state index contributed by atoms with van der Waals surface area (Å²) in [7, 11) is 0. The molecule has 0 bridgehead atoms. The van der Waals surface area contributed by atoms with Gasteiger partial charge in [-0.25, -0.2) is 0 Å². The Morgan fingerprint density at radius 2 is 1.90 bits per heavy atom. The number of aromatic nitrogens is 4. The second-order valence-corrected chi connectivity index (χ2v) is 5.41. The van der Waals surface area contributed by atoms with Gasteiger partial charge >= 0.3 is 0 Å². The van der Waals surface area contributed by atoms with E-state index in [1.165, 1.54) is 11.8 Å². The maximum atomic E-state index is 10.1. The zero-order valence-electron chi connectivity index (χ0n) is 11.2. The normalized spacial score (nSPS) is 12.2. The van der Waals surface area contributed by atoms with Crippen molar-refractivity contribution in [3.63, 3.8) is 0 Å². The summed E-state index contributed by atoms with van der Waals surface area (Å²) in [4.78, 5) is 8.58. The Morgan fingerprint density at radius 1 is 1.10 bits per heavy atom. The van der Waals surface area contributed by atoms with Crippen molar-refractivity contribution in [2.24, 2.45) is 0 Å². The molecule has 106 valence electrons. The van der Waals surface area contributed by atoms with Crippen molar-refractivity contribution in [1.82, 2.24) is 20.2 Å². The highest BCUT2D eigenvalue weighted by Crippen LogP contribution is 2.23. The highest BCUT2D eigenvalue weighted by Gasteiger charge is 2.11. The van der Waals surface area contributed by atoms with E-state index in [2.05, 4.69) is 20.2 Å². The van der Waals surface area contributed by atoms with E-state index >= 15 is 0 Å². The lowest BCUT2D eigenvalue weighted by Gasteiger charge is -2.08. The third-order valence-corrected chi connectivity index (χ3v) is 3.85. The molecule has 3 rings (SSSR count). The molecular formula is C15H14N4OS. The average Bonchev–Trinajstić information content (AvgIpc) is 3.03. The molecule has 21 heavy (non-hydrogen) atoms. The van der Waals surface area contributed by atoms with Crippen LogP contribution >= 0.6 is 11.8 Å². The number of pyridine rings is 1. The zero-order chi connectivity index (χ0) is 14.5. The maximum Gasteiger partial charge on any atom is 0.208 e. The van der Waals surface area contributed by atoms with E-state index in [1.807, 2.05) is 48.5 Å². The number of aliphatic hydroxyl groups excluding tert-OH is 1. The molecule has 1 atom stereocenters. The Balaban J connectivity index is 1.63. The van der Waals surface area contributed by atoms with Gasteiger partial charge in [-0.15, -0.1) is 5.10 Å². The van der Waals surface area contributed by atoms with Gasteiger partial charge in [0.25, 0.3) is 0 Å². The first-order chi connectivity index (χ1) is 10.3. The average molecular weight is 298 g/mol. The van der Waals surface area contributed by atoms with Gasteiger partial charge in [-0.1, -0.05) is 48.2 Å². The molecule has 0 saturated heterocycles. The van der Waals surface area contributed by atoms with Gasteiger partial charge in [0, 0.05) is 11.9 Å². The summed E-state index contributed by atoms with van der Waals surface area (Å²) in [6.07, 6.45) is 1.18. The van der Waals surface area contributed by atoms with Crippen molar-refractivity contribution >= 4 is 11.8 Å². The van der Waals surface area contributed by atoms with Crippen LogP contribution in [0.25, 0.3) is 11.5 Å². The highest BCUT2D eigenvalue weighted by atomic mass is 32.2. The van der Waals surface area contributed by atoms with Gasteiger partial charge in [0.15, 0.2) is 5.82 Å². The number of hydrogen-bond acceptors (Lipinski definition) is 5. The van der Waals surface area contributed by atoms with Crippen LogP contribution in [-0.4, -0.2) is 31.0 Å². The van der Waals surface area contributed by atoms with E-state index in [4.69, 9.17) is 0 Å². The second kappa shape index (κ2) is 6.51. The summed E-state index contributed by atoms with van der Waals surface area (Å²) in [5.41, 5.74) is 1.64. The molecule has 0 aliphatic carbocycles. The number of hydrogen-bond donors (Lipinski definition) is 2. The van der Waals surface area contributed by atoms with Crippen LogP contribution < -0.4 is 0 Å². The van der Waals surface area contributed by atoms with E-state index < -0.39 is 6.10 Å². The van der Waals surface area contributed by atoms with Crippen molar-refractivity contribution in [3.8, 4) is 11.5 Å². The number of aliphatic hydroxyl groups is 1. The van der Waals surface area contributed by atoms with Crippen molar-refractivity contribution in [2.75, 3.05) is 5.75 Å². The van der Waals surface area contributed by atoms with Crippen LogP contribution in [0.2, 0.25) is 0 Å². The highest BCUT2D eigenvalue weighted by molar-refractivity contribution is 7.99. The Labute approximate surface area is 126 Å². The van der Waals surface area contributed by atoms with E-state index in [9.17, 15) is 5.11 Å². The first-order valence-electron chi connectivity index (χ1n) is 6.52.